The Hall–Kier alpha value is -3.53. The van der Waals surface area contributed by atoms with Crippen molar-refractivity contribution < 1.29 is 14.3 Å². The average Bonchev–Trinajstić information content (AvgIpc) is 3.04. The summed E-state index contributed by atoms with van der Waals surface area (Å²) in [5, 5.41) is 3.43. The molecule has 3 aromatic carbocycles. The maximum Gasteiger partial charge on any atom is 0.169 e. The molecule has 1 N–H and O–H groups in total. The van der Waals surface area contributed by atoms with Crippen molar-refractivity contribution >= 4 is 11.5 Å². The summed E-state index contributed by atoms with van der Waals surface area (Å²) in [5.41, 5.74) is 5.02. The minimum atomic E-state index is -0.345. The first-order valence-corrected chi connectivity index (χ1v) is 10.8. The summed E-state index contributed by atoms with van der Waals surface area (Å²) in [6, 6.07) is 24.0. The molecule has 4 heteroatoms. The molecule has 0 radical (unpaired) electrons. The van der Waals surface area contributed by atoms with Crippen molar-refractivity contribution in [3.63, 3.8) is 0 Å². The van der Waals surface area contributed by atoms with Crippen LogP contribution < -0.4 is 14.8 Å². The Morgan fingerprint density at radius 3 is 2.13 bits per heavy atom. The lowest BCUT2D eigenvalue weighted by Gasteiger charge is -2.24. The molecule has 0 unspecified atom stereocenters. The number of ether oxygens (including phenoxy) is 2. The Morgan fingerprint density at radius 2 is 1.48 bits per heavy atom. The fraction of sp³-hybridized carbons (Fsp3) is 0.222. The molecule has 3 aromatic rings. The zero-order chi connectivity index (χ0) is 21.0. The summed E-state index contributed by atoms with van der Waals surface area (Å²) in [6.45, 7) is 2.09. The molecule has 4 nitrogen and oxygen atoms in total. The van der Waals surface area contributed by atoms with E-state index in [4.69, 9.17) is 9.47 Å². The van der Waals surface area contributed by atoms with E-state index in [1.165, 1.54) is 5.56 Å². The van der Waals surface area contributed by atoms with Gasteiger partial charge in [-0.2, -0.15) is 0 Å². The van der Waals surface area contributed by atoms with E-state index in [1.54, 1.807) is 6.08 Å². The minimum absolute atomic E-state index is 0.0554. The van der Waals surface area contributed by atoms with Crippen LogP contribution in [0.3, 0.4) is 0 Å². The third-order valence-electron chi connectivity index (χ3n) is 5.81. The van der Waals surface area contributed by atoms with Crippen LogP contribution in [0, 0.1) is 0 Å². The first kappa shape index (κ1) is 19.4. The number of carbonyl (C=O) groups excluding carboxylic acids is 1. The van der Waals surface area contributed by atoms with Gasteiger partial charge in [-0.1, -0.05) is 60.7 Å². The van der Waals surface area contributed by atoms with E-state index in [2.05, 4.69) is 11.4 Å². The second kappa shape index (κ2) is 8.68. The number of nitrogens with one attached hydrogen (secondary N) is 1. The second-order valence-electron chi connectivity index (χ2n) is 7.90. The van der Waals surface area contributed by atoms with E-state index < -0.39 is 0 Å². The topological polar surface area (TPSA) is 47.6 Å². The van der Waals surface area contributed by atoms with Crippen LogP contribution in [0.25, 0.3) is 5.70 Å². The molecule has 156 valence electrons. The van der Waals surface area contributed by atoms with Gasteiger partial charge in [0.25, 0.3) is 0 Å². The van der Waals surface area contributed by atoms with Crippen LogP contribution in [0.4, 0.5) is 0 Å². The average molecular weight is 412 g/mol. The number of hydrogen-bond donors (Lipinski definition) is 1. The lowest BCUT2D eigenvalue weighted by atomic mass is 9.86. The molecule has 0 fully saturated rings. The Kier molecular flexibility index (Phi) is 5.44. The number of benzene rings is 3. The lowest BCUT2D eigenvalue weighted by Crippen LogP contribution is -2.24. The van der Waals surface area contributed by atoms with Crippen LogP contribution in [0.15, 0.2) is 78.9 Å². The molecule has 2 aliphatic rings. The van der Waals surface area contributed by atoms with E-state index in [9.17, 15) is 4.79 Å². The zero-order valence-corrected chi connectivity index (χ0v) is 17.3. The normalized spacial score (nSPS) is 16.4. The number of fused-ring (bicyclic) bond motifs is 2. The molecule has 0 atom stereocenters. The highest BCUT2D eigenvalue weighted by Crippen LogP contribution is 2.37. The fourth-order valence-electron chi connectivity index (χ4n) is 4.30. The highest BCUT2D eigenvalue weighted by Gasteiger charge is 2.24. The standard InChI is InChI=1S/C27H25NO3/c29-24(27(19-8-3-1-4-9-19)20-10-5-2-6-11-20)18-23-22-17-26-25(30-14-7-15-31-26)16-21(22)12-13-28-23/h1-6,8-11,16-18,27-28H,7,12-15H2. The van der Waals surface area contributed by atoms with Gasteiger partial charge < -0.3 is 14.8 Å². The summed E-state index contributed by atoms with van der Waals surface area (Å²) >= 11 is 0. The number of rotatable bonds is 4. The third-order valence-corrected chi connectivity index (χ3v) is 5.81. The van der Waals surface area contributed by atoms with Crippen molar-refractivity contribution in [1.82, 2.24) is 5.32 Å². The van der Waals surface area contributed by atoms with Crippen LogP contribution in [-0.4, -0.2) is 25.5 Å². The Balaban J connectivity index is 1.54. The van der Waals surface area contributed by atoms with Gasteiger partial charge in [0.1, 0.15) is 0 Å². The molecule has 0 amide bonds. The highest BCUT2D eigenvalue weighted by molar-refractivity contribution is 6.03. The molecule has 0 aliphatic carbocycles. The van der Waals surface area contributed by atoms with Gasteiger partial charge in [0, 0.05) is 30.3 Å². The first-order valence-electron chi connectivity index (χ1n) is 10.8. The first-order chi connectivity index (χ1) is 15.3. The molecular weight excluding hydrogens is 386 g/mol. The van der Waals surface area contributed by atoms with Crippen molar-refractivity contribution in [2.24, 2.45) is 0 Å². The Labute approximate surface area is 182 Å². The predicted octanol–water partition coefficient (Wildman–Crippen LogP) is 4.74. The van der Waals surface area contributed by atoms with Gasteiger partial charge in [-0.15, -0.1) is 0 Å². The van der Waals surface area contributed by atoms with Gasteiger partial charge in [-0.05, 0) is 35.2 Å². The summed E-state index contributed by atoms with van der Waals surface area (Å²) < 4.78 is 11.7. The second-order valence-corrected chi connectivity index (χ2v) is 7.90. The quantitative estimate of drug-likeness (QED) is 0.630. The summed E-state index contributed by atoms with van der Waals surface area (Å²) in [5.74, 6) is 1.26. The molecule has 0 aromatic heterocycles. The maximum absolute atomic E-state index is 13.6. The molecule has 0 saturated heterocycles. The number of ketones is 1. The third kappa shape index (κ3) is 4.06. The van der Waals surface area contributed by atoms with Crippen molar-refractivity contribution in [1.29, 1.82) is 0 Å². The van der Waals surface area contributed by atoms with E-state index >= 15 is 0 Å². The fourth-order valence-corrected chi connectivity index (χ4v) is 4.30. The number of hydrogen-bond acceptors (Lipinski definition) is 4. The maximum atomic E-state index is 13.6. The molecule has 0 bridgehead atoms. The Morgan fingerprint density at radius 1 is 0.871 bits per heavy atom. The van der Waals surface area contributed by atoms with E-state index in [0.29, 0.717) is 13.2 Å². The van der Waals surface area contributed by atoms with Crippen LogP contribution in [0.2, 0.25) is 0 Å². The molecule has 5 rings (SSSR count). The minimum Gasteiger partial charge on any atom is -0.490 e. The van der Waals surface area contributed by atoms with Gasteiger partial charge in [-0.3, -0.25) is 4.79 Å². The molecule has 31 heavy (non-hydrogen) atoms. The molecular formula is C27H25NO3. The van der Waals surface area contributed by atoms with Crippen molar-refractivity contribution in [2.45, 2.75) is 18.8 Å². The van der Waals surface area contributed by atoms with Crippen molar-refractivity contribution in [3.05, 3.63) is 101 Å². The van der Waals surface area contributed by atoms with Crippen molar-refractivity contribution in [2.75, 3.05) is 19.8 Å². The van der Waals surface area contributed by atoms with Gasteiger partial charge in [0.15, 0.2) is 17.3 Å². The van der Waals surface area contributed by atoms with Gasteiger partial charge in [0.2, 0.25) is 0 Å². The molecule has 2 heterocycles. The summed E-state index contributed by atoms with van der Waals surface area (Å²) in [7, 11) is 0. The van der Waals surface area contributed by atoms with Crippen LogP contribution in [-0.2, 0) is 11.2 Å². The zero-order valence-electron chi connectivity index (χ0n) is 17.3. The largest absolute Gasteiger partial charge is 0.490 e. The van der Waals surface area contributed by atoms with Gasteiger partial charge in [0.05, 0.1) is 19.1 Å². The highest BCUT2D eigenvalue weighted by atomic mass is 16.5. The molecule has 2 aliphatic heterocycles. The predicted molar refractivity (Wildman–Crippen MR) is 121 cm³/mol. The number of carbonyl (C=O) groups is 1. The van der Waals surface area contributed by atoms with Gasteiger partial charge >= 0.3 is 0 Å². The summed E-state index contributed by atoms with van der Waals surface area (Å²) in [6.07, 6.45) is 3.51. The Bertz CT molecular complexity index is 1070. The van der Waals surface area contributed by atoms with Crippen LogP contribution in [0.1, 0.15) is 34.6 Å². The van der Waals surface area contributed by atoms with E-state index in [0.717, 1.165) is 53.3 Å². The van der Waals surface area contributed by atoms with Crippen LogP contribution >= 0.6 is 0 Å². The SMILES string of the molecule is O=C(C=C1NCCc2cc3c(cc21)OCCCO3)C(c1ccccc1)c1ccccc1. The summed E-state index contributed by atoms with van der Waals surface area (Å²) in [4.78, 5) is 13.6. The van der Waals surface area contributed by atoms with E-state index in [1.807, 2.05) is 66.7 Å². The van der Waals surface area contributed by atoms with Crippen LogP contribution in [0.5, 0.6) is 11.5 Å². The molecule has 0 saturated carbocycles. The van der Waals surface area contributed by atoms with Gasteiger partial charge in [-0.25, -0.2) is 0 Å². The smallest absolute Gasteiger partial charge is 0.169 e. The number of allylic oxidation sites excluding steroid dienone is 1. The lowest BCUT2D eigenvalue weighted by molar-refractivity contribution is -0.115. The monoisotopic (exact) mass is 411 g/mol. The molecule has 0 spiro atoms. The van der Waals surface area contributed by atoms with Crippen molar-refractivity contribution in [3.8, 4) is 11.5 Å². The van der Waals surface area contributed by atoms with E-state index in [-0.39, 0.29) is 11.7 Å².